The summed E-state index contributed by atoms with van der Waals surface area (Å²) in [5.74, 6) is -1.33. The van der Waals surface area contributed by atoms with E-state index in [1.165, 1.54) is 6.07 Å². The van der Waals surface area contributed by atoms with Crippen LogP contribution in [0, 0.1) is 17.0 Å². The summed E-state index contributed by atoms with van der Waals surface area (Å²) in [7, 11) is 1.79. The normalized spacial score (nSPS) is 13.6. The molecule has 0 aliphatic rings. The zero-order valence-corrected chi connectivity index (χ0v) is 11.0. The fourth-order valence-electron chi connectivity index (χ4n) is 1.65. The second-order valence-corrected chi connectivity index (χ2v) is 5.47. The highest BCUT2D eigenvalue weighted by atomic mass is 19.1. The first-order chi connectivity index (χ1) is 7.64. The zero-order valence-electron chi connectivity index (χ0n) is 11.0. The van der Waals surface area contributed by atoms with Gasteiger partial charge in [0.1, 0.15) is 5.82 Å². The van der Waals surface area contributed by atoms with Gasteiger partial charge in [-0.2, -0.15) is 0 Å². The maximum atomic E-state index is 13.4. The van der Waals surface area contributed by atoms with E-state index in [0.29, 0.717) is 5.69 Å². The largest absolute Gasteiger partial charge is 0.395 e. The van der Waals surface area contributed by atoms with Gasteiger partial charge in [0.05, 0.1) is 11.4 Å². The molecule has 1 aromatic rings. The van der Waals surface area contributed by atoms with Crippen LogP contribution in [0.5, 0.6) is 0 Å². The predicted molar refractivity (Wildman–Crippen MR) is 68.1 cm³/mol. The van der Waals surface area contributed by atoms with Gasteiger partial charge in [0, 0.05) is 19.2 Å². The maximum absolute atomic E-state index is 13.4. The van der Waals surface area contributed by atoms with Crippen LogP contribution in [-0.2, 0) is 0 Å². The lowest BCUT2D eigenvalue weighted by atomic mass is 9.87. The van der Waals surface area contributed by atoms with E-state index < -0.39 is 11.6 Å². The van der Waals surface area contributed by atoms with E-state index in [2.05, 4.69) is 20.8 Å². The van der Waals surface area contributed by atoms with E-state index in [0.717, 1.165) is 6.07 Å². The number of rotatable bonds is 2. The Kier molecular flexibility index (Phi) is 3.65. The number of benzene rings is 1. The third-order valence-electron chi connectivity index (χ3n) is 3.29. The summed E-state index contributed by atoms with van der Waals surface area (Å²) in [6.45, 7) is 8.21. The molecule has 2 N–H and O–H groups in total. The average Bonchev–Trinajstić information content (AvgIpc) is 2.20. The highest BCUT2D eigenvalue weighted by molar-refractivity contribution is 5.68. The molecule has 0 aliphatic heterocycles. The first-order valence-electron chi connectivity index (χ1n) is 5.62. The number of hydrogen-bond donors (Lipinski definition) is 1. The lowest BCUT2D eigenvalue weighted by molar-refractivity contribution is 0.329. The van der Waals surface area contributed by atoms with Gasteiger partial charge in [-0.1, -0.05) is 20.8 Å². The molecule has 0 saturated heterocycles. The molecule has 17 heavy (non-hydrogen) atoms. The summed E-state index contributed by atoms with van der Waals surface area (Å²) in [5.41, 5.74) is 6.02. The molecule has 1 unspecified atom stereocenters. The number of anilines is 2. The Hall–Kier alpha value is -1.32. The molecule has 0 amide bonds. The van der Waals surface area contributed by atoms with Gasteiger partial charge in [-0.05, 0) is 18.4 Å². The molecule has 0 bridgehead atoms. The Labute approximate surface area is 101 Å². The predicted octanol–water partition coefficient (Wildman–Crippen LogP) is 3.42. The van der Waals surface area contributed by atoms with Crippen molar-refractivity contribution in [3.63, 3.8) is 0 Å². The molecular weight excluding hydrogens is 222 g/mol. The van der Waals surface area contributed by atoms with E-state index in [-0.39, 0.29) is 17.1 Å². The molecule has 0 aromatic heterocycles. The van der Waals surface area contributed by atoms with Crippen molar-refractivity contribution in [3.05, 3.63) is 23.8 Å². The summed E-state index contributed by atoms with van der Waals surface area (Å²) in [4.78, 5) is 1.81. The van der Waals surface area contributed by atoms with Crippen LogP contribution >= 0.6 is 0 Å². The number of nitrogens with two attached hydrogens (primary N) is 1. The molecule has 1 atom stereocenters. The monoisotopic (exact) mass is 242 g/mol. The number of hydrogen-bond acceptors (Lipinski definition) is 2. The standard InChI is InChI=1S/C13H20F2N2/c1-8(13(2,3)4)17(5)11-7-9(14)6-10(15)12(11)16/h6-8H,16H2,1-5H3. The van der Waals surface area contributed by atoms with Gasteiger partial charge in [0.15, 0.2) is 5.82 Å². The second-order valence-electron chi connectivity index (χ2n) is 5.47. The third-order valence-corrected chi connectivity index (χ3v) is 3.29. The highest BCUT2D eigenvalue weighted by Crippen LogP contribution is 2.32. The van der Waals surface area contributed by atoms with Gasteiger partial charge in [0.25, 0.3) is 0 Å². The van der Waals surface area contributed by atoms with Crippen LogP contribution in [0.15, 0.2) is 12.1 Å². The Bertz CT molecular complexity index is 411. The van der Waals surface area contributed by atoms with Gasteiger partial charge < -0.3 is 10.6 Å². The molecule has 0 saturated carbocycles. The van der Waals surface area contributed by atoms with E-state index in [4.69, 9.17) is 5.73 Å². The molecule has 0 radical (unpaired) electrons. The number of nitrogen functional groups attached to an aromatic ring is 1. The van der Waals surface area contributed by atoms with E-state index >= 15 is 0 Å². The van der Waals surface area contributed by atoms with Crippen LogP contribution in [0.4, 0.5) is 20.2 Å². The Morgan fingerprint density at radius 2 is 1.76 bits per heavy atom. The first kappa shape index (κ1) is 13.7. The van der Waals surface area contributed by atoms with Crippen LogP contribution in [-0.4, -0.2) is 13.1 Å². The topological polar surface area (TPSA) is 29.3 Å². The fraction of sp³-hybridized carbons (Fsp3) is 0.538. The summed E-state index contributed by atoms with van der Waals surface area (Å²) in [5, 5.41) is 0. The first-order valence-corrected chi connectivity index (χ1v) is 5.62. The van der Waals surface area contributed by atoms with Crippen LogP contribution in [0.3, 0.4) is 0 Å². The minimum absolute atomic E-state index is 0.00926. The summed E-state index contributed by atoms with van der Waals surface area (Å²) in [6.07, 6.45) is 0. The van der Waals surface area contributed by atoms with Gasteiger partial charge in [-0.15, -0.1) is 0 Å². The molecular formula is C13H20F2N2. The molecule has 96 valence electrons. The van der Waals surface area contributed by atoms with Crippen molar-refractivity contribution >= 4 is 11.4 Å². The molecule has 0 heterocycles. The smallest absolute Gasteiger partial charge is 0.151 e. The van der Waals surface area contributed by atoms with Crippen molar-refractivity contribution in [1.82, 2.24) is 0 Å². The maximum Gasteiger partial charge on any atom is 0.151 e. The van der Waals surface area contributed by atoms with Gasteiger partial charge in [0.2, 0.25) is 0 Å². The van der Waals surface area contributed by atoms with E-state index in [9.17, 15) is 8.78 Å². The average molecular weight is 242 g/mol. The lowest BCUT2D eigenvalue weighted by Crippen LogP contribution is -2.39. The Morgan fingerprint density at radius 1 is 1.24 bits per heavy atom. The zero-order chi connectivity index (χ0) is 13.4. The second kappa shape index (κ2) is 4.51. The Morgan fingerprint density at radius 3 is 2.24 bits per heavy atom. The van der Waals surface area contributed by atoms with Crippen molar-refractivity contribution in [2.24, 2.45) is 5.41 Å². The van der Waals surface area contributed by atoms with Gasteiger partial charge in [-0.3, -0.25) is 0 Å². The van der Waals surface area contributed by atoms with Crippen molar-refractivity contribution in [1.29, 1.82) is 0 Å². The Balaban J connectivity index is 3.17. The van der Waals surface area contributed by atoms with Crippen LogP contribution < -0.4 is 10.6 Å². The van der Waals surface area contributed by atoms with E-state index in [1.807, 2.05) is 11.8 Å². The van der Waals surface area contributed by atoms with E-state index in [1.54, 1.807) is 7.05 Å². The van der Waals surface area contributed by atoms with Crippen molar-refractivity contribution in [2.75, 3.05) is 17.7 Å². The molecule has 0 spiro atoms. The van der Waals surface area contributed by atoms with Crippen molar-refractivity contribution < 1.29 is 8.78 Å². The highest BCUT2D eigenvalue weighted by Gasteiger charge is 2.26. The minimum Gasteiger partial charge on any atom is -0.395 e. The molecule has 4 heteroatoms. The SMILES string of the molecule is CC(N(C)c1cc(F)cc(F)c1N)C(C)(C)C. The minimum atomic E-state index is -0.715. The molecule has 1 aromatic carbocycles. The van der Waals surface area contributed by atoms with Gasteiger partial charge >= 0.3 is 0 Å². The lowest BCUT2D eigenvalue weighted by Gasteiger charge is -2.37. The van der Waals surface area contributed by atoms with Crippen molar-refractivity contribution in [3.8, 4) is 0 Å². The molecule has 0 fully saturated rings. The van der Waals surface area contributed by atoms with Crippen molar-refractivity contribution in [2.45, 2.75) is 33.7 Å². The summed E-state index contributed by atoms with van der Waals surface area (Å²) >= 11 is 0. The molecule has 1 rings (SSSR count). The number of halogens is 2. The van der Waals surface area contributed by atoms with Crippen LogP contribution in [0.25, 0.3) is 0 Å². The quantitative estimate of drug-likeness (QED) is 0.805. The fourth-order valence-corrected chi connectivity index (χ4v) is 1.65. The van der Waals surface area contributed by atoms with Crippen LogP contribution in [0.1, 0.15) is 27.7 Å². The van der Waals surface area contributed by atoms with Crippen LogP contribution in [0.2, 0.25) is 0 Å². The summed E-state index contributed by atoms with van der Waals surface area (Å²) in [6, 6.07) is 2.17. The molecule has 0 aliphatic carbocycles. The number of nitrogens with zero attached hydrogens (tertiary/aromatic N) is 1. The van der Waals surface area contributed by atoms with Gasteiger partial charge in [-0.25, -0.2) is 8.78 Å². The summed E-state index contributed by atoms with van der Waals surface area (Å²) < 4.78 is 26.6. The molecule has 2 nitrogen and oxygen atoms in total. The third kappa shape index (κ3) is 2.87.